The van der Waals surface area contributed by atoms with Gasteiger partial charge < -0.3 is 10.2 Å². The molecule has 3 aliphatic heterocycles. The number of amides is 1. The minimum atomic E-state index is -0.0651. The third-order valence-electron chi connectivity index (χ3n) is 2.95. The molecule has 0 unspecified atom stereocenters. The average molecular weight is 250 g/mol. The number of nitrogens with one attached hydrogen (secondary N) is 2. The fourth-order valence-corrected chi connectivity index (χ4v) is 2.85. The van der Waals surface area contributed by atoms with Crippen LogP contribution >= 0.6 is 11.8 Å². The van der Waals surface area contributed by atoms with Crippen LogP contribution in [0.15, 0.2) is 27.1 Å². The van der Waals surface area contributed by atoms with Crippen molar-refractivity contribution in [3.63, 3.8) is 0 Å². The Morgan fingerprint density at radius 1 is 1.35 bits per heavy atom. The number of carbonyl (C=O) groups excluding carboxylic acids is 1. The molecule has 17 heavy (non-hydrogen) atoms. The molecule has 0 aromatic rings. The highest BCUT2D eigenvalue weighted by Gasteiger charge is 2.28. The Morgan fingerprint density at radius 3 is 2.88 bits per heavy atom. The van der Waals surface area contributed by atoms with Gasteiger partial charge in [-0.3, -0.25) is 10.1 Å². The minimum Gasteiger partial charge on any atom is -0.340 e. The highest BCUT2D eigenvalue weighted by Crippen LogP contribution is 2.32. The molecule has 0 aromatic carbocycles. The summed E-state index contributed by atoms with van der Waals surface area (Å²) in [5.41, 5.74) is 0.591. The largest absolute Gasteiger partial charge is 0.340 e. The number of aliphatic imine (C=N–C) groups is 1. The fourth-order valence-electron chi connectivity index (χ4n) is 2.05. The van der Waals surface area contributed by atoms with Gasteiger partial charge in [0.15, 0.2) is 0 Å². The number of nitrogens with zero attached hydrogens (tertiary/aromatic N) is 2. The Morgan fingerprint density at radius 2 is 2.18 bits per heavy atom. The molecular formula is C11H14N4OS. The molecule has 0 saturated carbocycles. The van der Waals surface area contributed by atoms with Crippen LogP contribution in [-0.4, -0.2) is 42.9 Å². The van der Waals surface area contributed by atoms with E-state index in [2.05, 4.69) is 26.6 Å². The van der Waals surface area contributed by atoms with Gasteiger partial charge in [-0.25, -0.2) is 4.99 Å². The summed E-state index contributed by atoms with van der Waals surface area (Å²) in [5.74, 6) is 0.649. The Bertz CT molecular complexity index is 425. The van der Waals surface area contributed by atoms with Crippen LogP contribution < -0.4 is 10.6 Å². The first-order valence-corrected chi connectivity index (χ1v) is 6.63. The van der Waals surface area contributed by atoms with Crippen LogP contribution in [0.1, 0.15) is 6.42 Å². The molecule has 0 radical (unpaired) electrons. The van der Waals surface area contributed by atoms with Gasteiger partial charge in [0.1, 0.15) is 5.70 Å². The molecule has 0 spiro atoms. The van der Waals surface area contributed by atoms with Crippen molar-refractivity contribution < 1.29 is 4.79 Å². The summed E-state index contributed by atoms with van der Waals surface area (Å²) in [6, 6.07) is 0. The average Bonchev–Trinajstić information content (AvgIpc) is 2.99. The first-order chi connectivity index (χ1) is 8.34. The monoisotopic (exact) mass is 250 g/mol. The number of carbonyl (C=O) groups is 1. The predicted molar refractivity (Wildman–Crippen MR) is 68.4 cm³/mol. The molecule has 5 nitrogen and oxygen atoms in total. The van der Waals surface area contributed by atoms with Gasteiger partial charge >= 0.3 is 0 Å². The molecule has 3 rings (SSSR count). The summed E-state index contributed by atoms with van der Waals surface area (Å²) >= 11 is 1.59. The molecule has 0 atom stereocenters. The van der Waals surface area contributed by atoms with Gasteiger partial charge in [0.2, 0.25) is 5.96 Å². The summed E-state index contributed by atoms with van der Waals surface area (Å²) in [5, 5.41) is 8.15. The second kappa shape index (κ2) is 4.54. The predicted octanol–water partition coefficient (Wildman–Crippen LogP) is 0.240. The van der Waals surface area contributed by atoms with Crippen LogP contribution in [-0.2, 0) is 4.79 Å². The maximum Gasteiger partial charge on any atom is 0.277 e. The van der Waals surface area contributed by atoms with E-state index in [4.69, 9.17) is 0 Å². The van der Waals surface area contributed by atoms with Crippen LogP contribution in [0.4, 0.5) is 0 Å². The van der Waals surface area contributed by atoms with E-state index in [9.17, 15) is 4.79 Å². The van der Waals surface area contributed by atoms with Crippen molar-refractivity contribution in [1.82, 2.24) is 15.5 Å². The second-order valence-electron chi connectivity index (χ2n) is 4.09. The molecule has 2 N–H and O–H groups in total. The summed E-state index contributed by atoms with van der Waals surface area (Å²) in [4.78, 5) is 19.5. The molecule has 0 aliphatic carbocycles. The SMILES string of the molecule is O=C1NC(N2CCNCC2)=NC1=C1CC=CS1. The van der Waals surface area contributed by atoms with E-state index in [-0.39, 0.29) is 5.91 Å². The number of hydrogen-bond acceptors (Lipinski definition) is 5. The number of thioether (sulfide) groups is 1. The number of guanidine groups is 1. The molecule has 90 valence electrons. The van der Waals surface area contributed by atoms with Crippen molar-refractivity contribution in [3.8, 4) is 0 Å². The molecule has 0 aromatic heterocycles. The third-order valence-corrected chi connectivity index (χ3v) is 3.92. The van der Waals surface area contributed by atoms with Crippen LogP contribution in [0.5, 0.6) is 0 Å². The lowest BCUT2D eigenvalue weighted by Gasteiger charge is -2.28. The lowest BCUT2D eigenvalue weighted by molar-refractivity contribution is -0.115. The quantitative estimate of drug-likeness (QED) is 0.605. The number of allylic oxidation sites excluding steroid dienone is 2. The van der Waals surface area contributed by atoms with E-state index in [0.717, 1.165) is 37.5 Å². The Hall–Kier alpha value is -1.27. The molecule has 6 heteroatoms. The highest BCUT2D eigenvalue weighted by atomic mass is 32.2. The van der Waals surface area contributed by atoms with Crippen molar-refractivity contribution in [2.45, 2.75) is 6.42 Å². The van der Waals surface area contributed by atoms with Gasteiger partial charge in [-0.2, -0.15) is 0 Å². The van der Waals surface area contributed by atoms with Gasteiger partial charge in [0.25, 0.3) is 5.91 Å². The topological polar surface area (TPSA) is 56.7 Å². The lowest BCUT2D eigenvalue weighted by atomic mass is 10.3. The van der Waals surface area contributed by atoms with Gasteiger partial charge in [0, 0.05) is 31.1 Å². The van der Waals surface area contributed by atoms with Crippen molar-refractivity contribution in [2.75, 3.05) is 26.2 Å². The third kappa shape index (κ3) is 2.10. The fraction of sp³-hybridized carbons (Fsp3) is 0.455. The zero-order chi connectivity index (χ0) is 11.7. The van der Waals surface area contributed by atoms with Crippen LogP contribution in [0.3, 0.4) is 0 Å². The lowest BCUT2D eigenvalue weighted by Crippen LogP contribution is -2.50. The van der Waals surface area contributed by atoms with Gasteiger partial charge in [-0.15, -0.1) is 11.8 Å². The smallest absolute Gasteiger partial charge is 0.277 e. The van der Waals surface area contributed by atoms with Crippen molar-refractivity contribution in [3.05, 3.63) is 22.1 Å². The second-order valence-corrected chi connectivity index (χ2v) is 5.09. The van der Waals surface area contributed by atoms with Crippen LogP contribution in [0.2, 0.25) is 0 Å². The molecule has 1 fully saturated rings. The maximum atomic E-state index is 11.8. The van der Waals surface area contributed by atoms with Crippen molar-refractivity contribution in [2.24, 2.45) is 4.99 Å². The first-order valence-electron chi connectivity index (χ1n) is 5.75. The van der Waals surface area contributed by atoms with Crippen molar-refractivity contribution >= 4 is 23.6 Å². The molecule has 0 bridgehead atoms. The molecular weight excluding hydrogens is 236 g/mol. The molecule has 1 saturated heterocycles. The Labute approximate surface area is 104 Å². The number of rotatable bonds is 0. The van der Waals surface area contributed by atoms with Gasteiger partial charge in [-0.1, -0.05) is 6.08 Å². The first kappa shape index (κ1) is 10.9. The van der Waals surface area contributed by atoms with Crippen LogP contribution in [0, 0.1) is 0 Å². The van der Waals surface area contributed by atoms with Gasteiger partial charge in [0.05, 0.1) is 0 Å². The van der Waals surface area contributed by atoms with E-state index in [1.807, 2.05) is 5.41 Å². The molecule has 3 aliphatic rings. The van der Waals surface area contributed by atoms with E-state index in [1.165, 1.54) is 0 Å². The van der Waals surface area contributed by atoms with Crippen LogP contribution in [0.25, 0.3) is 0 Å². The summed E-state index contributed by atoms with van der Waals surface area (Å²) in [7, 11) is 0. The highest BCUT2D eigenvalue weighted by molar-refractivity contribution is 8.06. The zero-order valence-electron chi connectivity index (χ0n) is 9.40. The standard InChI is InChI=1S/C11H14N4OS/c16-10-9(8-2-1-7-17-8)13-11(14-10)15-5-3-12-4-6-15/h1,7,12H,2-6H2,(H,13,14,16). The van der Waals surface area contributed by atoms with E-state index < -0.39 is 0 Å². The Kier molecular flexibility index (Phi) is 2.90. The van der Waals surface area contributed by atoms with E-state index in [0.29, 0.717) is 11.7 Å². The molecule has 3 heterocycles. The zero-order valence-corrected chi connectivity index (χ0v) is 10.2. The Balaban J connectivity index is 1.81. The van der Waals surface area contributed by atoms with Gasteiger partial charge in [-0.05, 0) is 11.8 Å². The van der Waals surface area contributed by atoms with E-state index in [1.54, 1.807) is 11.8 Å². The molecule has 1 amide bonds. The maximum absolute atomic E-state index is 11.8. The normalized spacial score (nSPS) is 28.6. The van der Waals surface area contributed by atoms with Crippen molar-refractivity contribution in [1.29, 1.82) is 0 Å². The number of hydrogen-bond donors (Lipinski definition) is 2. The van der Waals surface area contributed by atoms with E-state index >= 15 is 0 Å². The minimum absolute atomic E-state index is 0.0651. The summed E-state index contributed by atoms with van der Waals surface area (Å²) in [6.07, 6.45) is 2.88. The summed E-state index contributed by atoms with van der Waals surface area (Å²) < 4.78 is 0. The summed E-state index contributed by atoms with van der Waals surface area (Å²) in [6.45, 7) is 3.68. The number of piperazine rings is 1.